The van der Waals surface area contributed by atoms with E-state index in [-0.39, 0.29) is 5.97 Å². The molecule has 5 rings (SSSR count). The number of carbonyl (C=O) groups is 1. The Balaban J connectivity index is 1.27. The van der Waals surface area contributed by atoms with E-state index in [1.807, 2.05) is 24.3 Å². The molecule has 0 bridgehead atoms. The summed E-state index contributed by atoms with van der Waals surface area (Å²) in [6.45, 7) is 1.46. The number of imidazole rings is 1. The molecule has 4 aromatic rings. The molecule has 1 aliphatic rings. The monoisotopic (exact) mass is 468 g/mol. The Morgan fingerprint density at radius 3 is 2.47 bits per heavy atom. The SMILES string of the molecule is CC(=O)Oc1cccc2c1CCC(CCSc1nc(-c3ccccc3)c(-c3ccccc3)[nH]1)C2. The van der Waals surface area contributed by atoms with Crippen LogP contribution in [0.25, 0.3) is 22.5 Å². The van der Waals surface area contributed by atoms with Gasteiger partial charge in [-0.1, -0.05) is 84.6 Å². The Hall–Kier alpha value is -3.31. The summed E-state index contributed by atoms with van der Waals surface area (Å²) in [7, 11) is 0. The van der Waals surface area contributed by atoms with Crippen molar-refractivity contribution in [2.24, 2.45) is 5.92 Å². The number of H-pyrrole nitrogens is 1. The van der Waals surface area contributed by atoms with E-state index in [9.17, 15) is 4.79 Å². The van der Waals surface area contributed by atoms with Crippen LogP contribution in [0.15, 0.2) is 84.0 Å². The zero-order valence-electron chi connectivity index (χ0n) is 19.3. The maximum absolute atomic E-state index is 11.4. The van der Waals surface area contributed by atoms with Crippen LogP contribution in [0.2, 0.25) is 0 Å². The molecule has 4 nitrogen and oxygen atoms in total. The largest absolute Gasteiger partial charge is 0.426 e. The highest BCUT2D eigenvalue weighted by Gasteiger charge is 2.22. The van der Waals surface area contributed by atoms with Crippen LogP contribution in [0.5, 0.6) is 5.75 Å². The number of esters is 1. The Labute approximate surface area is 204 Å². The van der Waals surface area contributed by atoms with E-state index in [4.69, 9.17) is 9.72 Å². The molecule has 172 valence electrons. The normalized spacial score (nSPS) is 15.0. The van der Waals surface area contributed by atoms with Crippen LogP contribution in [0.3, 0.4) is 0 Å². The van der Waals surface area contributed by atoms with Crippen molar-refractivity contribution in [3.8, 4) is 28.3 Å². The fourth-order valence-corrected chi connectivity index (χ4v) is 5.68. The molecule has 0 aliphatic heterocycles. The van der Waals surface area contributed by atoms with Crippen LogP contribution >= 0.6 is 11.8 Å². The molecular formula is C29H28N2O2S. The minimum absolute atomic E-state index is 0.255. The minimum Gasteiger partial charge on any atom is -0.426 e. The lowest BCUT2D eigenvalue weighted by Gasteiger charge is -2.25. The van der Waals surface area contributed by atoms with Crippen molar-refractivity contribution in [1.29, 1.82) is 0 Å². The third-order valence-electron chi connectivity index (χ3n) is 6.35. The quantitative estimate of drug-likeness (QED) is 0.181. The Bertz CT molecular complexity index is 1210. The molecule has 1 heterocycles. The smallest absolute Gasteiger partial charge is 0.308 e. The zero-order valence-corrected chi connectivity index (χ0v) is 20.1. The van der Waals surface area contributed by atoms with Crippen molar-refractivity contribution in [3.05, 3.63) is 90.0 Å². The van der Waals surface area contributed by atoms with Gasteiger partial charge in [0.15, 0.2) is 5.16 Å². The predicted octanol–water partition coefficient (Wildman–Crippen LogP) is 6.96. The molecule has 0 saturated carbocycles. The Morgan fingerprint density at radius 2 is 1.74 bits per heavy atom. The molecule has 0 saturated heterocycles. The fourth-order valence-electron chi connectivity index (χ4n) is 4.71. The van der Waals surface area contributed by atoms with E-state index < -0.39 is 0 Å². The van der Waals surface area contributed by atoms with Crippen molar-refractivity contribution >= 4 is 17.7 Å². The number of rotatable bonds is 7. The molecule has 1 atom stereocenters. The van der Waals surface area contributed by atoms with E-state index in [0.29, 0.717) is 5.92 Å². The summed E-state index contributed by atoms with van der Waals surface area (Å²) in [5, 5.41) is 0.964. The van der Waals surface area contributed by atoms with Crippen LogP contribution in [-0.2, 0) is 17.6 Å². The first-order valence-corrected chi connectivity index (χ1v) is 12.8. The maximum atomic E-state index is 11.4. The summed E-state index contributed by atoms with van der Waals surface area (Å²) < 4.78 is 5.42. The number of nitrogens with zero attached hydrogens (tertiary/aromatic N) is 1. The Morgan fingerprint density at radius 1 is 1.00 bits per heavy atom. The average Bonchev–Trinajstić information content (AvgIpc) is 3.29. The summed E-state index contributed by atoms with van der Waals surface area (Å²) in [5.41, 5.74) is 6.85. The highest BCUT2D eigenvalue weighted by molar-refractivity contribution is 7.99. The van der Waals surface area contributed by atoms with Gasteiger partial charge in [0.1, 0.15) is 5.75 Å². The standard InChI is InChI=1S/C29H28N2O2S/c1-20(32)33-26-14-8-13-24-19-21(15-16-25(24)26)17-18-34-29-30-27(22-9-4-2-5-10-22)28(31-29)23-11-6-3-7-12-23/h2-14,21H,15-19H2,1H3,(H,30,31). The first-order chi connectivity index (χ1) is 16.7. The fraction of sp³-hybridized carbons (Fsp3) is 0.241. The lowest BCUT2D eigenvalue weighted by Crippen LogP contribution is -2.16. The summed E-state index contributed by atoms with van der Waals surface area (Å²) >= 11 is 1.80. The molecule has 34 heavy (non-hydrogen) atoms. The molecule has 1 N–H and O–H groups in total. The predicted molar refractivity (Wildman–Crippen MR) is 138 cm³/mol. The number of aromatic amines is 1. The summed E-state index contributed by atoms with van der Waals surface area (Å²) in [6.07, 6.45) is 4.25. The van der Waals surface area contributed by atoms with Crippen molar-refractivity contribution in [1.82, 2.24) is 9.97 Å². The summed E-state index contributed by atoms with van der Waals surface area (Å²) in [5.74, 6) is 2.12. The third-order valence-corrected chi connectivity index (χ3v) is 7.26. The molecule has 1 unspecified atom stereocenters. The van der Waals surface area contributed by atoms with E-state index in [2.05, 4.69) is 59.6 Å². The first-order valence-electron chi connectivity index (χ1n) is 11.8. The molecule has 0 spiro atoms. The van der Waals surface area contributed by atoms with Gasteiger partial charge in [-0.25, -0.2) is 4.98 Å². The van der Waals surface area contributed by atoms with Crippen LogP contribution in [0, 0.1) is 5.92 Å². The molecule has 5 heteroatoms. The van der Waals surface area contributed by atoms with Gasteiger partial charge in [-0.3, -0.25) is 4.79 Å². The van der Waals surface area contributed by atoms with Gasteiger partial charge >= 0.3 is 5.97 Å². The average molecular weight is 469 g/mol. The molecule has 1 aliphatic carbocycles. The number of ether oxygens (including phenoxy) is 1. The number of nitrogens with one attached hydrogen (secondary N) is 1. The van der Waals surface area contributed by atoms with Crippen LogP contribution < -0.4 is 4.74 Å². The summed E-state index contributed by atoms with van der Waals surface area (Å²) in [6, 6.07) is 26.8. The summed E-state index contributed by atoms with van der Waals surface area (Å²) in [4.78, 5) is 20.0. The number of carbonyl (C=O) groups excluding carboxylic acids is 1. The van der Waals surface area contributed by atoms with Crippen molar-refractivity contribution in [3.63, 3.8) is 0 Å². The van der Waals surface area contributed by atoms with E-state index in [0.717, 1.165) is 64.9 Å². The van der Waals surface area contributed by atoms with Gasteiger partial charge < -0.3 is 9.72 Å². The molecule has 1 aromatic heterocycles. The van der Waals surface area contributed by atoms with E-state index in [1.165, 1.54) is 18.1 Å². The van der Waals surface area contributed by atoms with Crippen molar-refractivity contribution in [2.45, 2.75) is 37.8 Å². The topological polar surface area (TPSA) is 55.0 Å². The highest BCUT2D eigenvalue weighted by Crippen LogP contribution is 2.36. The lowest BCUT2D eigenvalue weighted by molar-refractivity contribution is -0.131. The lowest BCUT2D eigenvalue weighted by atomic mass is 9.82. The molecule has 0 amide bonds. The maximum Gasteiger partial charge on any atom is 0.308 e. The minimum atomic E-state index is -0.255. The van der Waals surface area contributed by atoms with Crippen LogP contribution in [-0.4, -0.2) is 21.7 Å². The van der Waals surface area contributed by atoms with E-state index >= 15 is 0 Å². The van der Waals surface area contributed by atoms with Gasteiger partial charge in [0, 0.05) is 23.8 Å². The van der Waals surface area contributed by atoms with Gasteiger partial charge in [0.25, 0.3) is 0 Å². The zero-order chi connectivity index (χ0) is 23.3. The van der Waals surface area contributed by atoms with Gasteiger partial charge in [0.2, 0.25) is 0 Å². The highest BCUT2D eigenvalue weighted by atomic mass is 32.2. The van der Waals surface area contributed by atoms with Crippen LogP contribution in [0.4, 0.5) is 0 Å². The second-order valence-electron chi connectivity index (χ2n) is 8.73. The number of hydrogen-bond acceptors (Lipinski definition) is 4. The van der Waals surface area contributed by atoms with Gasteiger partial charge in [-0.15, -0.1) is 0 Å². The number of fused-ring (bicyclic) bond motifs is 1. The Kier molecular flexibility index (Phi) is 6.82. The number of benzene rings is 3. The van der Waals surface area contributed by atoms with E-state index in [1.54, 1.807) is 11.8 Å². The molecule has 3 aromatic carbocycles. The second kappa shape index (κ2) is 10.3. The van der Waals surface area contributed by atoms with Crippen LogP contribution in [0.1, 0.15) is 30.9 Å². The second-order valence-corrected chi connectivity index (χ2v) is 9.81. The van der Waals surface area contributed by atoms with Crippen molar-refractivity contribution in [2.75, 3.05) is 5.75 Å². The number of hydrogen-bond donors (Lipinski definition) is 1. The van der Waals surface area contributed by atoms with Gasteiger partial charge in [0.05, 0.1) is 11.4 Å². The van der Waals surface area contributed by atoms with Gasteiger partial charge in [-0.2, -0.15) is 0 Å². The molecule has 0 fully saturated rings. The molecule has 0 radical (unpaired) electrons. The van der Waals surface area contributed by atoms with Crippen molar-refractivity contribution < 1.29 is 9.53 Å². The van der Waals surface area contributed by atoms with Gasteiger partial charge in [-0.05, 0) is 48.8 Å². The first kappa shape index (κ1) is 22.5. The number of thioether (sulfide) groups is 1. The number of aromatic nitrogens is 2. The molecular weight excluding hydrogens is 440 g/mol. The third kappa shape index (κ3) is 5.10.